The maximum atomic E-state index is 13.1. The highest BCUT2D eigenvalue weighted by Crippen LogP contribution is 2.24. The van der Waals surface area contributed by atoms with Gasteiger partial charge < -0.3 is 9.53 Å². The van der Waals surface area contributed by atoms with Crippen LogP contribution < -0.4 is 0 Å². The van der Waals surface area contributed by atoms with Gasteiger partial charge in [0.05, 0.1) is 18.0 Å². The molecule has 0 aromatic rings. The minimum atomic E-state index is -1.56. The van der Waals surface area contributed by atoms with E-state index >= 15 is 0 Å². The smallest absolute Gasteiger partial charge is 0.307 e. The lowest BCUT2D eigenvalue weighted by molar-refractivity contribution is -0.425. The van der Waals surface area contributed by atoms with E-state index in [1.165, 1.54) is 7.11 Å². The molecule has 2 atom stereocenters. The van der Waals surface area contributed by atoms with Crippen molar-refractivity contribution in [3.63, 3.8) is 0 Å². The SMILES string of the molecule is COC1=CC(F)C(C=O)C=C1[N+](=O)[O-]. The first-order chi connectivity index (χ1) is 6.60. The van der Waals surface area contributed by atoms with E-state index in [0.29, 0.717) is 6.29 Å². The number of nitrogens with zero attached hydrogens (tertiary/aromatic N) is 1. The van der Waals surface area contributed by atoms with Gasteiger partial charge in [-0.25, -0.2) is 4.39 Å². The van der Waals surface area contributed by atoms with Gasteiger partial charge in [0.15, 0.2) is 5.76 Å². The van der Waals surface area contributed by atoms with Crippen LogP contribution in [0.2, 0.25) is 0 Å². The number of carbonyl (C=O) groups is 1. The fraction of sp³-hybridized carbons (Fsp3) is 0.375. The predicted molar refractivity (Wildman–Crippen MR) is 44.6 cm³/mol. The number of hydrogen-bond acceptors (Lipinski definition) is 4. The van der Waals surface area contributed by atoms with Gasteiger partial charge in [-0.15, -0.1) is 0 Å². The molecule has 0 heterocycles. The maximum Gasteiger partial charge on any atom is 0.307 e. The van der Waals surface area contributed by atoms with Crippen LogP contribution >= 0.6 is 0 Å². The largest absolute Gasteiger partial charge is 0.490 e. The molecule has 0 fully saturated rings. The zero-order valence-electron chi connectivity index (χ0n) is 7.34. The van der Waals surface area contributed by atoms with E-state index in [1.54, 1.807) is 0 Å². The molecule has 2 unspecified atom stereocenters. The fourth-order valence-corrected chi connectivity index (χ4v) is 1.14. The van der Waals surface area contributed by atoms with Crippen molar-refractivity contribution in [1.29, 1.82) is 0 Å². The molecule has 0 saturated heterocycles. The van der Waals surface area contributed by atoms with Gasteiger partial charge in [-0.05, 0) is 6.08 Å². The van der Waals surface area contributed by atoms with E-state index in [4.69, 9.17) is 0 Å². The lowest BCUT2D eigenvalue weighted by atomic mass is 9.98. The van der Waals surface area contributed by atoms with Gasteiger partial charge in [0, 0.05) is 6.08 Å². The molecule has 0 bridgehead atoms. The Balaban J connectivity index is 3.05. The Morgan fingerprint density at radius 3 is 2.71 bits per heavy atom. The second-order valence-corrected chi connectivity index (χ2v) is 2.70. The van der Waals surface area contributed by atoms with Gasteiger partial charge >= 0.3 is 5.70 Å². The molecule has 1 aliphatic rings. The van der Waals surface area contributed by atoms with Crippen LogP contribution in [0.15, 0.2) is 23.6 Å². The van der Waals surface area contributed by atoms with Crippen LogP contribution in [0, 0.1) is 16.0 Å². The van der Waals surface area contributed by atoms with Crippen LogP contribution in [0.1, 0.15) is 0 Å². The third-order valence-corrected chi connectivity index (χ3v) is 1.85. The molecule has 5 nitrogen and oxygen atoms in total. The quantitative estimate of drug-likeness (QED) is 0.385. The zero-order chi connectivity index (χ0) is 10.7. The molecule has 0 aromatic carbocycles. The number of alkyl halides is 1. The molecule has 0 saturated carbocycles. The number of nitro groups is 1. The van der Waals surface area contributed by atoms with Crippen LogP contribution in [0.4, 0.5) is 4.39 Å². The average Bonchev–Trinajstić information content (AvgIpc) is 2.16. The molecule has 1 aliphatic carbocycles. The Labute approximate surface area is 79.0 Å². The van der Waals surface area contributed by atoms with E-state index in [1.807, 2.05) is 0 Å². The van der Waals surface area contributed by atoms with Gasteiger partial charge in [0.25, 0.3) is 0 Å². The molecule has 14 heavy (non-hydrogen) atoms. The highest BCUT2D eigenvalue weighted by molar-refractivity contribution is 5.60. The third kappa shape index (κ3) is 1.78. The minimum Gasteiger partial charge on any atom is -0.490 e. The molecule has 76 valence electrons. The fourth-order valence-electron chi connectivity index (χ4n) is 1.14. The topological polar surface area (TPSA) is 69.4 Å². The maximum absolute atomic E-state index is 13.1. The van der Waals surface area contributed by atoms with Crippen molar-refractivity contribution in [3.8, 4) is 0 Å². The average molecular weight is 201 g/mol. The monoisotopic (exact) mass is 201 g/mol. The van der Waals surface area contributed by atoms with Crippen LogP contribution in [0.5, 0.6) is 0 Å². The minimum absolute atomic E-state index is 0.152. The summed E-state index contributed by atoms with van der Waals surface area (Å²) in [7, 11) is 1.21. The lowest BCUT2D eigenvalue weighted by Crippen LogP contribution is -2.21. The molecule has 0 radical (unpaired) electrons. The molecular formula is C8H8FNO4. The Hall–Kier alpha value is -1.72. The van der Waals surface area contributed by atoms with Gasteiger partial charge in [-0.1, -0.05) is 0 Å². The van der Waals surface area contributed by atoms with Gasteiger partial charge in [-0.3, -0.25) is 10.1 Å². The molecule has 6 heteroatoms. The summed E-state index contributed by atoms with van der Waals surface area (Å²) in [5.41, 5.74) is -0.376. The third-order valence-electron chi connectivity index (χ3n) is 1.85. The predicted octanol–water partition coefficient (Wildman–Crippen LogP) is 0.844. The lowest BCUT2D eigenvalue weighted by Gasteiger charge is -2.15. The van der Waals surface area contributed by atoms with Crippen LogP contribution in [-0.4, -0.2) is 24.5 Å². The second kappa shape index (κ2) is 3.99. The first-order valence-electron chi connectivity index (χ1n) is 3.82. The molecule has 0 spiro atoms. The molecule has 0 amide bonds. The Kier molecular flexibility index (Phi) is 2.95. The number of halogens is 1. The van der Waals surface area contributed by atoms with E-state index in [2.05, 4.69) is 4.74 Å². The number of carbonyl (C=O) groups excluding carboxylic acids is 1. The number of allylic oxidation sites excluding steroid dienone is 2. The molecular weight excluding hydrogens is 193 g/mol. The van der Waals surface area contributed by atoms with Crippen molar-refractivity contribution in [2.45, 2.75) is 6.17 Å². The number of ether oxygens (including phenoxy) is 1. The molecule has 1 rings (SSSR count). The summed E-state index contributed by atoms with van der Waals surface area (Å²) in [6, 6.07) is 0. The summed E-state index contributed by atoms with van der Waals surface area (Å²) >= 11 is 0. The van der Waals surface area contributed by atoms with Crippen molar-refractivity contribution >= 4 is 6.29 Å². The van der Waals surface area contributed by atoms with Gasteiger partial charge in [-0.2, -0.15) is 0 Å². The van der Waals surface area contributed by atoms with Crippen molar-refractivity contribution in [1.82, 2.24) is 0 Å². The normalized spacial score (nSPS) is 26.1. The first-order valence-corrected chi connectivity index (χ1v) is 3.82. The summed E-state index contributed by atoms with van der Waals surface area (Å²) in [6.07, 6.45) is 0.649. The van der Waals surface area contributed by atoms with E-state index in [0.717, 1.165) is 12.2 Å². The molecule has 0 N–H and O–H groups in total. The first kappa shape index (κ1) is 10.4. The number of methoxy groups -OCH3 is 1. The summed E-state index contributed by atoms with van der Waals surface area (Å²) in [6.45, 7) is 0. The summed E-state index contributed by atoms with van der Waals surface area (Å²) in [4.78, 5) is 20.1. The van der Waals surface area contributed by atoms with Crippen molar-refractivity contribution in [2.75, 3.05) is 7.11 Å². The van der Waals surface area contributed by atoms with E-state index < -0.39 is 17.0 Å². The van der Waals surface area contributed by atoms with Crippen LogP contribution in [0.25, 0.3) is 0 Å². The van der Waals surface area contributed by atoms with Crippen LogP contribution in [0.3, 0.4) is 0 Å². The number of aldehydes is 1. The molecule has 0 aliphatic heterocycles. The zero-order valence-corrected chi connectivity index (χ0v) is 7.34. The Bertz CT molecular complexity index is 323. The van der Waals surface area contributed by atoms with Crippen LogP contribution in [-0.2, 0) is 9.53 Å². The summed E-state index contributed by atoms with van der Waals surface area (Å²) in [5, 5.41) is 10.5. The number of rotatable bonds is 3. The highest BCUT2D eigenvalue weighted by atomic mass is 19.1. The summed E-state index contributed by atoms with van der Waals surface area (Å²) < 4.78 is 17.7. The Morgan fingerprint density at radius 2 is 2.29 bits per heavy atom. The van der Waals surface area contributed by atoms with Gasteiger partial charge in [0.2, 0.25) is 0 Å². The second-order valence-electron chi connectivity index (χ2n) is 2.70. The van der Waals surface area contributed by atoms with Crippen molar-refractivity contribution < 1.29 is 18.8 Å². The Morgan fingerprint density at radius 1 is 1.64 bits per heavy atom. The van der Waals surface area contributed by atoms with Gasteiger partial charge in [0.1, 0.15) is 12.5 Å². The highest BCUT2D eigenvalue weighted by Gasteiger charge is 2.31. The number of hydrogen-bond donors (Lipinski definition) is 0. The standard InChI is InChI=1S/C8H8FNO4/c1-14-8-3-6(9)5(4-11)2-7(8)10(12)13/h2-6H,1H3. The molecule has 0 aromatic heterocycles. The van der Waals surface area contributed by atoms with E-state index in [-0.39, 0.29) is 11.5 Å². The van der Waals surface area contributed by atoms with Crippen molar-refractivity contribution in [2.24, 2.45) is 5.92 Å². The van der Waals surface area contributed by atoms with E-state index in [9.17, 15) is 19.3 Å². The summed E-state index contributed by atoms with van der Waals surface area (Å²) in [5.74, 6) is -1.25. The van der Waals surface area contributed by atoms with Crippen molar-refractivity contribution in [3.05, 3.63) is 33.7 Å².